The largest absolute Gasteiger partial charge is 0.530 e. The van der Waals surface area contributed by atoms with Crippen LogP contribution in [0.3, 0.4) is 0 Å². The zero-order valence-corrected chi connectivity index (χ0v) is 14.5. The van der Waals surface area contributed by atoms with Crippen molar-refractivity contribution in [2.45, 2.75) is 19.6 Å². The summed E-state index contributed by atoms with van der Waals surface area (Å²) in [7, 11) is 0. The molecule has 0 N–H and O–H groups in total. The Labute approximate surface area is 153 Å². The average Bonchev–Trinajstić information content (AvgIpc) is 2.61. The third-order valence-corrected chi connectivity index (χ3v) is 4.17. The van der Waals surface area contributed by atoms with E-state index in [1.165, 1.54) is 6.92 Å². The predicted octanol–water partition coefficient (Wildman–Crippen LogP) is 0.912. The Morgan fingerprint density at radius 3 is 2.30 bits per heavy atom. The van der Waals surface area contributed by atoms with Crippen LogP contribution in [0.2, 0.25) is 0 Å². The number of carbonyl (C=O) groups excluding carboxylic acids is 3. The van der Waals surface area contributed by atoms with Gasteiger partial charge in [0.15, 0.2) is 0 Å². The van der Waals surface area contributed by atoms with E-state index in [0.29, 0.717) is 19.2 Å². The minimum atomic E-state index is -4.66. The van der Waals surface area contributed by atoms with Crippen LogP contribution < -0.4 is 5.11 Å². The van der Waals surface area contributed by atoms with E-state index < -0.39 is 29.6 Å². The smallest absolute Gasteiger partial charge is 0.416 e. The number of hydrogen-bond acceptors (Lipinski definition) is 6. The van der Waals surface area contributed by atoms with E-state index in [-0.39, 0.29) is 37.4 Å². The number of hydrogen-bond donors (Lipinski definition) is 0. The van der Waals surface area contributed by atoms with Crippen LogP contribution in [-0.4, -0.2) is 60.4 Å². The lowest BCUT2D eigenvalue weighted by Crippen LogP contribution is -2.52. The fourth-order valence-electron chi connectivity index (χ4n) is 2.74. The van der Waals surface area contributed by atoms with E-state index >= 15 is 0 Å². The number of ether oxygens (including phenoxy) is 1. The highest BCUT2D eigenvalue weighted by atomic mass is 19.4. The van der Waals surface area contributed by atoms with Crippen molar-refractivity contribution in [1.82, 2.24) is 9.80 Å². The molecule has 0 unspecified atom stereocenters. The monoisotopic (exact) mass is 387 g/mol. The van der Waals surface area contributed by atoms with Crippen molar-refractivity contribution in [1.29, 1.82) is 0 Å². The maximum atomic E-state index is 13.0. The van der Waals surface area contributed by atoms with Crippen molar-refractivity contribution < 1.29 is 37.4 Å². The summed E-state index contributed by atoms with van der Waals surface area (Å²) in [5.41, 5.74) is -1.17. The number of nitrogens with zero attached hydrogens (tertiary/aromatic N) is 2. The zero-order valence-electron chi connectivity index (χ0n) is 14.5. The highest BCUT2D eigenvalue weighted by Gasteiger charge is 2.33. The van der Waals surface area contributed by atoms with Crippen molar-refractivity contribution in [2.24, 2.45) is 0 Å². The topological polar surface area (TPSA) is 90.0 Å². The molecule has 0 aromatic heterocycles. The van der Waals surface area contributed by atoms with Gasteiger partial charge in [-0.3, -0.25) is 9.69 Å². The molecular weight excluding hydrogens is 369 g/mol. The predicted molar refractivity (Wildman–Crippen MR) is 84.7 cm³/mol. The van der Waals surface area contributed by atoms with Gasteiger partial charge < -0.3 is 19.5 Å². The van der Waals surface area contributed by atoms with E-state index in [2.05, 4.69) is 4.74 Å². The first-order valence-corrected chi connectivity index (χ1v) is 8.23. The van der Waals surface area contributed by atoms with Gasteiger partial charge in [-0.2, -0.15) is 13.2 Å². The Morgan fingerprint density at radius 1 is 1.15 bits per heavy atom. The van der Waals surface area contributed by atoms with Gasteiger partial charge in [-0.05, 0) is 24.6 Å². The molecule has 1 aliphatic heterocycles. The van der Waals surface area contributed by atoms with Crippen molar-refractivity contribution in [3.63, 3.8) is 0 Å². The summed E-state index contributed by atoms with van der Waals surface area (Å²) in [5, 5.41) is 10.8. The quantitative estimate of drug-likeness (QED) is 0.424. The van der Waals surface area contributed by atoms with Gasteiger partial charge in [-0.1, -0.05) is 6.07 Å². The van der Waals surface area contributed by atoms with Gasteiger partial charge in [-0.25, -0.2) is 4.79 Å². The Hall–Kier alpha value is -2.62. The van der Waals surface area contributed by atoms with Crippen LogP contribution in [0.5, 0.6) is 0 Å². The van der Waals surface area contributed by atoms with Crippen molar-refractivity contribution >= 4 is 17.8 Å². The van der Waals surface area contributed by atoms with Gasteiger partial charge in [0.2, 0.25) is 0 Å². The second-order valence-electron chi connectivity index (χ2n) is 5.95. The SMILES string of the molecule is CCOC(=O)C(=O)c1cc(C(F)(F)F)ccc1CN1CCN(C(=O)[O-])CC1. The van der Waals surface area contributed by atoms with E-state index in [9.17, 15) is 32.7 Å². The molecule has 0 saturated carbocycles. The molecule has 10 heteroatoms. The molecule has 1 fully saturated rings. The summed E-state index contributed by atoms with van der Waals surface area (Å²) in [6.07, 6.45) is -5.95. The first-order valence-electron chi connectivity index (χ1n) is 8.23. The van der Waals surface area contributed by atoms with Gasteiger partial charge >= 0.3 is 12.1 Å². The molecule has 0 bridgehead atoms. The second kappa shape index (κ2) is 8.38. The van der Waals surface area contributed by atoms with Gasteiger partial charge in [0.1, 0.15) is 6.09 Å². The van der Waals surface area contributed by atoms with Crippen LogP contribution in [0.1, 0.15) is 28.4 Å². The second-order valence-corrected chi connectivity index (χ2v) is 5.95. The molecule has 1 aromatic carbocycles. The normalized spacial score (nSPS) is 15.5. The maximum Gasteiger partial charge on any atom is 0.416 e. The van der Waals surface area contributed by atoms with E-state index in [1.54, 1.807) is 4.90 Å². The number of benzene rings is 1. The first-order chi connectivity index (χ1) is 12.6. The van der Waals surface area contributed by atoms with Gasteiger partial charge in [0, 0.05) is 38.3 Å². The number of rotatable bonds is 5. The average molecular weight is 387 g/mol. The minimum Gasteiger partial charge on any atom is -0.530 e. The lowest BCUT2D eigenvalue weighted by molar-refractivity contribution is -0.266. The number of Topliss-reactive ketones (excluding diaryl/α,β-unsaturated/α-hetero) is 1. The highest BCUT2D eigenvalue weighted by Crippen LogP contribution is 2.31. The van der Waals surface area contributed by atoms with Crippen molar-refractivity contribution in [3.8, 4) is 0 Å². The van der Waals surface area contributed by atoms with E-state index in [0.717, 1.165) is 17.0 Å². The summed E-state index contributed by atoms with van der Waals surface area (Å²) < 4.78 is 43.6. The number of carbonyl (C=O) groups is 3. The number of amides is 1. The number of halogens is 3. The van der Waals surface area contributed by atoms with Crippen LogP contribution >= 0.6 is 0 Å². The summed E-state index contributed by atoms with van der Waals surface area (Å²) in [6, 6.07) is 2.64. The Kier molecular flexibility index (Phi) is 6.42. The Balaban J connectivity index is 2.25. The fraction of sp³-hybridized carbons (Fsp3) is 0.471. The molecule has 1 saturated heterocycles. The van der Waals surface area contributed by atoms with Crippen LogP contribution in [0.4, 0.5) is 18.0 Å². The summed E-state index contributed by atoms with van der Waals surface area (Å²) in [4.78, 5) is 37.7. The standard InChI is InChI=1S/C17H19F3N2O5/c1-2-27-15(24)14(23)13-9-12(17(18,19)20)4-3-11(13)10-21-5-7-22(8-6-21)16(25)26/h3-4,9H,2,5-8,10H2,1H3,(H,25,26)/p-1. The molecular formula is C17H18F3N2O5-. The molecule has 0 atom stereocenters. The zero-order chi connectivity index (χ0) is 20.2. The fourth-order valence-corrected chi connectivity index (χ4v) is 2.74. The molecule has 1 amide bonds. The molecule has 0 spiro atoms. The van der Waals surface area contributed by atoms with Gasteiger partial charge in [-0.15, -0.1) is 0 Å². The van der Waals surface area contributed by atoms with Crippen LogP contribution in [0.25, 0.3) is 0 Å². The molecule has 0 radical (unpaired) electrons. The Morgan fingerprint density at radius 2 is 1.78 bits per heavy atom. The maximum absolute atomic E-state index is 13.0. The van der Waals surface area contributed by atoms with Crippen LogP contribution in [0, 0.1) is 0 Å². The summed E-state index contributed by atoms with van der Waals surface area (Å²) in [6.45, 7) is 2.51. The number of piperazine rings is 1. The molecule has 7 nitrogen and oxygen atoms in total. The highest BCUT2D eigenvalue weighted by molar-refractivity contribution is 6.41. The van der Waals surface area contributed by atoms with Crippen molar-refractivity contribution in [3.05, 3.63) is 34.9 Å². The van der Waals surface area contributed by atoms with E-state index in [1.807, 2.05) is 0 Å². The molecule has 27 heavy (non-hydrogen) atoms. The summed E-state index contributed by atoms with van der Waals surface area (Å²) >= 11 is 0. The Bertz CT molecular complexity index is 728. The van der Waals surface area contributed by atoms with Gasteiger partial charge in [0.25, 0.3) is 5.78 Å². The van der Waals surface area contributed by atoms with E-state index in [4.69, 9.17) is 0 Å². The van der Waals surface area contributed by atoms with Crippen LogP contribution in [0.15, 0.2) is 18.2 Å². The number of alkyl halides is 3. The lowest BCUT2D eigenvalue weighted by atomic mass is 9.99. The van der Waals surface area contributed by atoms with Gasteiger partial charge in [0.05, 0.1) is 12.2 Å². The molecule has 2 rings (SSSR count). The van der Waals surface area contributed by atoms with Crippen molar-refractivity contribution in [2.75, 3.05) is 32.8 Å². The minimum absolute atomic E-state index is 0.0793. The first kappa shape index (κ1) is 20.7. The lowest BCUT2D eigenvalue weighted by Gasteiger charge is -2.36. The third kappa shape index (κ3) is 5.19. The number of esters is 1. The third-order valence-electron chi connectivity index (χ3n) is 4.17. The molecule has 1 aromatic rings. The molecule has 1 heterocycles. The molecule has 1 aliphatic rings. The molecule has 148 valence electrons. The summed E-state index contributed by atoms with van der Waals surface area (Å²) in [5.74, 6) is -2.37. The molecule has 0 aliphatic carbocycles. The number of carboxylic acid groups (broad SMARTS) is 1. The van der Waals surface area contributed by atoms with Crippen LogP contribution in [-0.2, 0) is 22.3 Å². The number of ketones is 1.